The number of carbonyl (C=O) groups is 1. The van der Waals surface area contributed by atoms with Crippen LogP contribution in [-0.2, 0) is 16.1 Å². The van der Waals surface area contributed by atoms with Crippen molar-refractivity contribution in [2.45, 2.75) is 19.6 Å². The number of likely N-dealkylation sites (N-methyl/N-ethyl adjacent to an activating group) is 1. The third kappa shape index (κ3) is 2.65. The number of benzene rings is 1. The lowest BCUT2D eigenvalue weighted by Gasteiger charge is -2.34. The van der Waals surface area contributed by atoms with Gasteiger partial charge in [-0.2, -0.15) is 0 Å². The van der Waals surface area contributed by atoms with Crippen LogP contribution < -0.4 is 0 Å². The Morgan fingerprint density at radius 3 is 3.00 bits per heavy atom. The largest absolute Gasteiger partial charge is 0.480 e. The van der Waals surface area contributed by atoms with Crippen molar-refractivity contribution in [1.29, 1.82) is 0 Å². The van der Waals surface area contributed by atoms with E-state index in [2.05, 4.69) is 6.07 Å². The molecule has 1 aliphatic rings. The number of rotatable bonds is 4. The molecule has 1 N–H and O–H groups in total. The molecule has 0 radical (unpaired) electrons. The van der Waals surface area contributed by atoms with Crippen molar-refractivity contribution in [3.63, 3.8) is 0 Å². The van der Waals surface area contributed by atoms with Crippen LogP contribution in [0, 0.1) is 0 Å². The summed E-state index contributed by atoms with van der Waals surface area (Å²) in [4.78, 5) is 12.8. The standard InChI is InChI=1S/C13H17NO3/c1-2-14(7-13(15)16)12-9-17-8-10-5-3-4-6-11(10)12/h3-6,12H,2,7-9H2,1H3,(H,15,16). The number of carboxylic acids is 1. The lowest BCUT2D eigenvalue weighted by atomic mass is 9.98. The maximum absolute atomic E-state index is 10.8. The van der Waals surface area contributed by atoms with E-state index in [0.29, 0.717) is 19.8 Å². The van der Waals surface area contributed by atoms with E-state index in [-0.39, 0.29) is 12.6 Å². The van der Waals surface area contributed by atoms with E-state index in [9.17, 15) is 4.79 Å². The predicted molar refractivity (Wildman–Crippen MR) is 63.7 cm³/mol. The minimum absolute atomic E-state index is 0.0544. The molecule has 0 fully saturated rings. The van der Waals surface area contributed by atoms with Gasteiger partial charge in [-0.05, 0) is 17.7 Å². The first-order valence-electron chi connectivity index (χ1n) is 5.83. The summed E-state index contributed by atoms with van der Waals surface area (Å²) in [7, 11) is 0. The first-order valence-corrected chi connectivity index (χ1v) is 5.83. The number of nitrogens with zero attached hydrogens (tertiary/aromatic N) is 1. The van der Waals surface area contributed by atoms with Crippen LogP contribution in [0.5, 0.6) is 0 Å². The van der Waals surface area contributed by atoms with E-state index < -0.39 is 5.97 Å². The van der Waals surface area contributed by atoms with Gasteiger partial charge in [0.25, 0.3) is 0 Å². The fourth-order valence-electron chi connectivity index (χ4n) is 2.28. The molecule has 0 saturated heterocycles. The smallest absolute Gasteiger partial charge is 0.317 e. The van der Waals surface area contributed by atoms with E-state index in [1.54, 1.807) is 0 Å². The number of ether oxygens (including phenoxy) is 1. The molecule has 1 aromatic rings. The molecule has 0 saturated carbocycles. The second-order valence-electron chi connectivity index (χ2n) is 4.19. The molecule has 1 aliphatic heterocycles. The molecule has 1 atom stereocenters. The zero-order chi connectivity index (χ0) is 12.3. The van der Waals surface area contributed by atoms with Gasteiger partial charge in [0.2, 0.25) is 0 Å². The molecule has 17 heavy (non-hydrogen) atoms. The Bertz CT molecular complexity index is 405. The third-order valence-electron chi connectivity index (χ3n) is 3.13. The van der Waals surface area contributed by atoms with Crippen LogP contribution in [0.2, 0.25) is 0 Å². The van der Waals surface area contributed by atoms with E-state index in [1.807, 2.05) is 30.0 Å². The summed E-state index contributed by atoms with van der Waals surface area (Å²) in [6.07, 6.45) is 0. The topological polar surface area (TPSA) is 49.8 Å². The molecule has 92 valence electrons. The second-order valence-corrected chi connectivity index (χ2v) is 4.19. The van der Waals surface area contributed by atoms with Crippen LogP contribution in [0.4, 0.5) is 0 Å². The Morgan fingerprint density at radius 1 is 1.53 bits per heavy atom. The summed E-state index contributed by atoms with van der Waals surface area (Å²) >= 11 is 0. The zero-order valence-corrected chi connectivity index (χ0v) is 9.93. The monoisotopic (exact) mass is 235 g/mol. The van der Waals surface area contributed by atoms with Crippen LogP contribution in [0.15, 0.2) is 24.3 Å². The predicted octanol–water partition coefficient (Wildman–Crippen LogP) is 1.66. The van der Waals surface area contributed by atoms with Crippen molar-refractivity contribution in [2.75, 3.05) is 19.7 Å². The Labute approximate surface area is 101 Å². The minimum Gasteiger partial charge on any atom is -0.480 e. The van der Waals surface area contributed by atoms with Gasteiger partial charge in [-0.1, -0.05) is 31.2 Å². The zero-order valence-electron chi connectivity index (χ0n) is 9.93. The fraction of sp³-hybridized carbons (Fsp3) is 0.462. The van der Waals surface area contributed by atoms with Crippen LogP contribution in [0.3, 0.4) is 0 Å². The normalized spacial score (nSPS) is 19.1. The molecule has 2 rings (SSSR count). The first-order chi connectivity index (χ1) is 8.22. The summed E-state index contributed by atoms with van der Waals surface area (Å²) in [5, 5.41) is 8.91. The Morgan fingerprint density at radius 2 is 2.29 bits per heavy atom. The lowest BCUT2D eigenvalue weighted by Crippen LogP contribution is -2.38. The Balaban J connectivity index is 2.24. The van der Waals surface area contributed by atoms with Crippen molar-refractivity contribution >= 4 is 5.97 Å². The third-order valence-corrected chi connectivity index (χ3v) is 3.13. The van der Waals surface area contributed by atoms with Gasteiger partial charge >= 0.3 is 5.97 Å². The average molecular weight is 235 g/mol. The summed E-state index contributed by atoms with van der Waals surface area (Å²) in [5.74, 6) is -0.796. The number of carboxylic acid groups (broad SMARTS) is 1. The Hall–Kier alpha value is -1.39. The molecule has 1 aromatic carbocycles. The van der Waals surface area contributed by atoms with Crippen molar-refractivity contribution in [3.8, 4) is 0 Å². The molecule has 4 nitrogen and oxygen atoms in total. The van der Waals surface area contributed by atoms with E-state index >= 15 is 0 Å². The van der Waals surface area contributed by atoms with Gasteiger partial charge in [-0.25, -0.2) is 0 Å². The lowest BCUT2D eigenvalue weighted by molar-refractivity contribution is -0.139. The van der Waals surface area contributed by atoms with Gasteiger partial charge in [-0.15, -0.1) is 0 Å². The summed E-state index contributed by atoms with van der Waals surface area (Å²) < 4.78 is 5.54. The summed E-state index contributed by atoms with van der Waals surface area (Å²) in [6.45, 7) is 3.92. The van der Waals surface area contributed by atoms with Crippen molar-refractivity contribution < 1.29 is 14.6 Å². The molecule has 1 unspecified atom stereocenters. The highest BCUT2D eigenvalue weighted by Gasteiger charge is 2.26. The minimum atomic E-state index is -0.796. The van der Waals surface area contributed by atoms with E-state index in [4.69, 9.17) is 9.84 Å². The molecule has 1 heterocycles. The van der Waals surface area contributed by atoms with Gasteiger partial charge in [0.1, 0.15) is 0 Å². The SMILES string of the molecule is CCN(CC(=O)O)C1COCc2ccccc21. The second kappa shape index (κ2) is 5.29. The van der Waals surface area contributed by atoms with Gasteiger partial charge in [-0.3, -0.25) is 9.69 Å². The van der Waals surface area contributed by atoms with Crippen LogP contribution in [0.1, 0.15) is 24.1 Å². The van der Waals surface area contributed by atoms with Crippen LogP contribution in [0.25, 0.3) is 0 Å². The average Bonchev–Trinajstić information content (AvgIpc) is 2.35. The molecular formula is C13H17NO3. The highest BCUT2D eigenvalue weighted by atomic mass is 16.5. The van der Waals surface area contributed by atoms with E-state index in [1.165, 1.54) is 5.56 Å². The highest BCUT2D eigenvalue weighted by Crippen LogP contribution is 2.29. The molecule has 0 bridgehead atoms. The Kier molecular flexibility index (Phi) is 3.76. The molecule has 0 spiro atoms. The number of hydrogen-bond donors (Lipinski definition) is 1. The maximum atomic E-state index is 10.8. The molecular weight excluding hydrogens is 218 g/mol. The van der Waals surface area contributed by atoms with Gasteiger partial charge in [0.15, 0.2) is 0 Å². The summed E-state index contributed by atoms with van der Waals surface area (Å²) in [6, 6.07) is 8.13. The molecule has 0 aromatic heterocycles. The van der Waals surface area contributed by atoms with Crippen LogP contribution >= 0.6 is 0 Å². The van der Waals surface area contributed by atoms with Crippen molar-refractivity contribution in [2.24, 2.45) is 0 Å². The first kappa shape index (κ1) is 12.1. The van der Waals surface area contributed by atoms with E-state index in [0.717, 1.165) is 5.56 Å². The van der Waals surface area contributed by atoms with Crippen LogP contribution in [-0.4, -0.2) is 35.7 Å². The number of aliphatic carboxylic acids is 1. The number of fused-ring (bicyclic) bond motifs is 1. The van der Waals surface area contributed by atoms with Crippen molar-refractivity contribution in [1.82, 2.24) is 4.90 Å². The highest BCUT2D eigenvalue weighted by molar-refractivity contribution is 5.69. The molecule has 0 amide bonds. The summed E-state index contributed by atoms with van der Waals surface area (Å²) in [5.41, 5.74) is 2.36. The molecule has 0 aliphatic carbocycles. The van der Waals surface area contributed by atoms with Crippen molar-refractivity contribution in [3.05, 3.63) is 35.4 Å². The maximum Gasteiger partial charge on any atom is 0.317 e. The van der Waals surface area contributed by atoms with Gasteiger partial charge in [0.05, 0.1) is 25.8 Å². The molecule has 4 heteroatoms. The van der Waals surface area contributed by atoms with Gasteiger partial charge < -0.3 is 9.84 Å². The fourth-order valence-corrected chi connectivity index (χ4v) is 2.28. The van der Waals surface area contributed by atoms with Gasteiger partial charge in [0, 0.05) is 0 Å². The quantitative estimate of drug-likeness (QED) is 0.862. The number of hydrogen-bond acceptors (Lipinski definition) is 3.